The molecule has 2 aliphatic carbocycles. The Bertz CT molecular complexity index is 178. The topological polar surface area (TPSA) is 17.1 Å². The Balaban J connectivity index is 2.19. The standard InChI is InChI=1S/C8H11FO/c9-8-5-4-6(8)2-1-3-7(8)10/h6H,1-5H2. The van der Waals surface area contributed by atoms with E-state index in [2.05, 4.69) is 0 Å². The van der Waals surface area contributed by atoms with Crippen molar-refractivity contribution in [3.63, 3.8) is 0 Å². The molecule has 2 atom stereocenters. The molecule has 2 aliphatic rings. The van der Waals surface area contributed by atoms with Crippen LogP contribution < -0.4 is 0 Å². The van der Waals surface area contributed by atoms with Crippen LogP contribution in [0.25, 0.3) is 0 Å². The minimum atomic E-state index is -1.36. The molecule has 1 nitrogen and oxygen atoms in total. The van der Waals surface area contributed by atoms with Gasteiger partial charge in [0.2, 0.25) is 0 Å². The fraction of sp³-hybridized carbons (Fsp3) is 0.875. The lowest BCUT2D eigenvalue weighted by Crippen LogP contribution is -2.52. The minimum absolute atomic E-state index is 0.0914. The lowest BCUT2D eigenvalue weighted by Gasteiger charge is -2.44. The highest BCUT2D eigenvalue weighted by atomic mass is 19.1. The molecule has 0 saturated heterocycles. The van der Waals surface area contributed by atoms with Crippen LogP contribution in [0.4, 0.5) is 4.39 Å². The SMILES string of the molecule is O=C1CCCC2CCC12F. The molecule has 0 N–H and O–H groups in total. The number of fused-ring (bicyclic) bond motifs is 1. The minimum Gasteiger partial charge on any atom is -0.296 e. The zero-order valence-corrected chi connectivity index (χ0v) is 5.90. The summed E-state index contributed by atoms with van der Waals surface area (Å²) in [7, 11) is 0. The molecule has 2 rings (SSSR count). The summed E-state index contributed by atoms with van der Waals surface area (Å²) < 4.78 is 13.4. The van der Waals surface area contributed by atoms with Crippen LogP contribution in [0.2, 0.25) is 0 Å². The molecule has 0 aromatic heterocycles. The van der Waals surface area contributed by atoms with Crippen LogP contribution in [0.3, 0.4) is 0 Å². The fourth-order valence-electron chi connectivity index (χ4n) is 2.06. The van der Waals surface area contributed by atoms with Gasteiger partial charge >= 0.3 is 0 Å². The molecular formula is C8H11FO. The maximum atomic E-state index is 13.4. The lowest BCUT2D eigenvalue weighted by atomic mass is 9.62. The van der Waals surface area contributed by atoms with Gasteiger partial charge in [-0.2, -0.15) is 0 Å². The fourth-order valence-corrected chi connectivity index (χ4v) is 2.06. The summed E-state index contributed by atoms with van der Waals surface area (Å²) in [6.07, 6.45) is 3.75. The van der Waals surface area contributed by atoms with Crippen LogP contribution in [0.1, 0.15) is 32.1 Å². The second-order valence-electron chi connectivity index (χ2n) is 3.41. The van der Waals surface area contributed by atoms with Crippen molar-refractivity contribution in [3.8, 4) is 0 Å². The third-order valence-electron chi connectivity index (χ3n) is 2.92. The van der Waals surface area contributed by atoms with E-state index in [1.54, 1.807) is 0 Å². The van der Waals surface area contributed by atoms with Gasteiger partial charge in [0.1, 0.15) is 0 Å². The second-order valence-corrected chi connectivity index (χ2v) is 3.41. The number of ketones is 1. The normalized spacial score (nSPS) is 46.1. The summed E-state index contributed by atoms with van der Waals surface area (Å²) in [5, 5.41) is 0. The van der Waals surface area contributed by atoms with Crippen LogP contribution in [-0.2, 0) is 4.79 Å². The summed E-state index contributed by atoms with van der Waals surface area (Å²) in [5.74, 6) is -0.0382. The van der Waals surface area contributed by atoms with Crippen LogP contribution in [-0.4, -0.2) is 11.5 Å². The summed E-state index contributed by atoms with van der Waals surface area (Å²) in [4.78, 5) is 11.0. The molecule has 0 aliphatic heterocycles. The van der Waals surface area contributed by atoms with Crippen LogP contribution in [0, 0.1) is 5.92 Å². The molecular weight excluding hydrogens is 131 g/mol. The number of carbonyl (C=O) groups is 1. The molecule has 0 amide bonds. The third-order valence-corrected chi connectivity index (χ3v) is 2.92. The Morgan fingerprint density at radius 2 is 2.30 bits per heavy atom. The predicted molar refractivity (Wildman–Crippen MR) is 35.4 cm³/mol. The van der Waals surface area contributed by atoms with E-state index in [9.17, 15) is 9.18 Å². The number of hydrogen-bond donors (Lipinski definition) is 0. The van der Waals surface area contributed by atoms with Gasteiger partial charge in [-0.3, -0.25) is 4.79 Å². The third kappa shape index (κ3) is 0.594. The predicted octanol–water partition coefficient (Wildman–Crippen LogP) is 1.86. The number of Topliss-reactive ketones (excluding diaryl/α,β-unsaturated/α-hetero) is 1. The van der Waals surface area contributed by atoms with Gasteiger partial charge in [0.05, 0.1) is 0 Å². The highest BCUT2D eigenvalue weighted by Gasteiger charge is 2.54. The number of carbonyl (C=O) groups excluding carboxylic acids is 1. The van der Waals surface area contributed by atoms with E-state index in [1.807, 2.05) is 0 Å². The molecule has 0 spiro atoms. The quantitative estimate of drug-likeness (QED) is 0.504. The van der Waals surface area contributed by atoms with Crippen molar-refractivity contribution in [1.82, 2.24) is 0 Å². The number of halogens is 1. The van der Waals surface area contributed by atoms with Gasteiger partial charge in [0.15, 0.2) is 11.5 Å². The molecule has 2 unspecified atom stereocenters. The van der Waals surface area contributed by atoms with E-state index in [1.165, 1.54) is 0 Å². The van der Waals surface area contributed by atoms with Crippen molar-refractivity contribution < 1.29 is 9.18 Å². The lowest BCUT2D eigenvalue weighted by molar-refractivity contribution is -0.148. The average molecular weight is 142 g/mol. The Hall–Kier alpha value is -0.400. The van der Waals surface area contributed by atoms with Crippen molar-refractivity contribution in [2.45, 2.75) is 37.8 Å². The first-order valence-corrected chi connectivity index (χ1v) is 3.96. The Morgan fingerprint density at radius 1 is 1.50 bits per heavy atom. The molecule has 0 radical (unpaired) electrons. The average Bonchev–Trinajstić information content (AvgIpc) is 1.90. The van der Waals surface area contributed by atoms with Gasteiger partial charge in [-0.05, 0) is 25.7 Å². The molecule has 0 bridgehead atoms. The summed E-state index contributed by atoms with van der Waals surface area (Å²) in [6, 6.07) is 0. The van der Waals surface area contributed by atoms with Gasteiger partial charge < -0.3 is 0 Å². The molecule has 56 valence electrons. The molecule has 2 saturated carbocycles. The van der Waals surface area contributed by atoms with Crippen LogP contribution in [0.5, 0.6) is 0 Å². The van der Waals surface area contributed by atoms with Crippen molar-refractivity contribution in [2.75, 3.05) is 0 Å². The maximum Gasteiger partial charge on any atom is 0.171 e. The van der Waals surface area contributed by atoms with Gasteiger partial charge in [-0.1, -0.05) is 0 Å². The Kier molecular flexibility index (Phi) is 1.14. The first-order valence-electron chi connectivity index (χ1n) is 3.96. The first-order chi connectivity index (χ1) is 4.73. The summed E-state index contributed by atoms with van der Waals surface area (Å²) in [6.45, 7) is 0. The van der Waals surface area contributed by atoms with Gasteiger partial charge in [-0.25, -0.2) is 4.39 Å². The van der Waals surface area contributed by atoms with Crippen molar-refractivity contribution >= 4 is 5.78 Å². The molecule has 0 aromatic rings. The zero-order chi connectivity index (χ0) is 7.19. The molecule has 0 aromatic carbocycles. The van der Waals surface area contributed by atoms with E-state index in [4.69, 9.17) is 0 Å². The van der Waals surface area contributed by atoms with Crippen LogP contribution >= 0.6 is 0 Å². The zero-order valence-electron chi connectivity index (χ0n) is 5.90. The van der Waals surface area contributed by atoms with E-state index in [0.29, 0.717) is 12.8 Å². The van der Waals surface area contributed by atoms with E-state index in [-0.39, 0.29) is 11.7 Å². The highest BCUT2D eigenvalue weighted by molar-refractivity contribution is 5.89. The van der Waals surface area contributed by atoms with Gasteiger partial charge in [0, 0.05) is 12.3 Å². The van der Waals surface area contributed by atoms with E-state index in [0.717, 1.165) is 19.3 Å². The highest BCUT2D eigenvalue weighted by Crippen LogP contribution is 2.49. The summed E-state index contributed by atoms with van der Waals surface area (Å²) in [5.41, 5.74) is -1.36. The van der Waals surface area contributed by atoms with Crippen LogP contribution in [0.15, 0.2) is 0 Å². The first kappa shape index (κ1) is 6.32. The largest absolute Gasteiger partial charge is 0.296 e. The van der Waals surface area contributed by atoms with Crippen molar-refractivity contribution in [2.24, 2.45) is 5.92 Å². The number of hydrogen-bond acceptors (Lipinski definition) is 1. The molecule has 2 fully saturated rings. The van der Waals surface area contributed by atoms with Crippen molar-refractivity contribution in [1.29, 1.82) is 0 Å². The Labute approximate surface area is 59.6 Å². The molecule has 0 heterocycles. The Morgan fingerprint density at radius 3 is 2.70 bits per heavy atom. The second kappa shape index (κ2) is 1.80. The van der Waals surface area contributed by atoms with E-state index < -0.39 is 5.67 Å². The number of rotatable bonds is 0. The maximum absolute atomic E-state index is 13.4. The van der Waals surface area contributed by atoms with Crippen molar-refractivity contribution in [3.05, 3.63) is 0 Å². The molecule has 2 heteroatoms. The van der Waals surface area contributed by atoms with E-state index >= 15 is 0 Å². The van der Waals surface area contributed by atoms with Gasteiger partial charge in [0.25, 0.3) is 0 Å². The van der Waals surface area contributed by atoms with Gasteiger partial charge in [-0.15, -0.1) is 0 Å². The number of alkyl halides is 1. The molecule has 10 heavy (non-hydrogen) atoms. The monoisotopic (exact) mass is 142 g/mol. The summed E-state index contributed by atoms with van der Waals surface area (Å²) >= 11 is 0. The smallest absolute Gasteiger partial charge is 0.171 e.